The average molecular weight is 473 g/mol. The van der Waals surface area contributed by atoms with Crippen molar-refractivity contribution in [3.8, 4) is 11.3 Å². The van der Waals surface area contributed by atoms with Crippen LogP contribution in [0.25, 0.3) is 22.3 Å². The molecule has 5 rings (SSSR count). The molecule has 0 unspecified atom stereocenters. The Morgan fingerprint density at radius 3 is 2.37 bits per heavy atom. The molecule has 0 fully saturated rings. The number of aromatic nitrogens is 4. The molecule has 5 aromatic rings. The number of anilines is 1. The number of ketones is 1. The number of fused-ring (bicyclic) bond motifs is 1. The zero-order valence-corrected chi connectivity index (χ0v) is 17.7. The fourth-order valence-corrected chi connectivity index (χ4v) is 3.47. The normalized spacial score (nSPS) is 10.9. The molecule has 0 aliphatic rings. The molecule has 0 aliphatic carbocycles. The van der Waals surface area contributed by atoms with Crippen LogP contribution in [0.2, 0.25) is 0 Å². The van der Waals surface area contributed by atoms with Gasteiger partial charge < -0.3 is 5.32 Å². The second kappa shape index (κ2) is 8.82. The van der Waals surface area contributed by atoms with Gasteiger partial charge in [-0.3, -0.25) is 19.7 Å². The van der Waals surface area contributed by atoms with E-state index in [1.165, 1.54) is 24.3 Å². The lowest BCUT2D eigenvalue weighted by atomic mass is 10.0. The summed E-state index contributed by atoms with van der Waals surface area (Å²) in [5, 5.41) is 8.93. The number of hydrogen-bond acceptors (Lipinski definition) is 5. The minimum Gasteiger partial charge on any atom is -0.322 e. The van der Waals surface area contributed by atoms with Crippen LogP contribution < -0.4 is 5.32 Å². The third-order valence-corrected chi connectivity index (χ3v) is 5.24. The van der Waals surface area contributed by atoms with E-state index in [-0.39, 0.29) is 16.8 Å². The Morgan fingerprint density at radius 2 is 1.63 bits per heavy atom. The monoisotopic (exact) mass is 473 g/mol. The minimum absolute atomic E-state index is 0.0523. The highest BCUT2D eigenvalue weighted by molar-refractivity contribution is 6.11. The SMILES string of the molecule is O=C(Nc1cc(F)c(F)c(C(=O)c2ccc3ncc(-c4cn[nH]c4)nc3c2)c1)c1ccc(F)cc1. The molecule has 35 heavy (non-hydrogen) atoms. The van der Waals surface area contributed by atoms with Crippen LogP contribution >= 0.6 is 0 Å². The average Bonchev–Trinajstić information content (AvgIpc) is 3.40. The molecule has 3 aromatic carbocycles. The van der Waals surface area contributed by atoms with E-state index in [4.69, 9.17) is 0 Å². The van der Waals surface area contributed by atoms with E-state index in [1.807, 2.05) is 0 Å². The van der Waals surface area contributed by atoms with Crippen molar-refractivity contribution in [1.82, 2.24) is 20.2 Å². The fraction of sp³-hybridized carbons (Fsp3) is 0. The Morgan fingerprint density at radius 1 is 0.857 bits per heavy atom. The molecule has 0 radical (unpaired) electrons. The van der Waals surface area contributed by atoms with Crippen molar-refractivity contribution >= 4 is 28.4 Å². The van der Waals surface area contributed by atoms with Gasteiger partial charge in [0.2, 0.25) is 0 Å². The first-order valence-corrected chi connectivity index (χ1v) is 10.3. The van der Waals surface area contributed by atoms with Crippen LogP contribution in [-0.2, 0) is 0 Å². The molecule has 0 atom stereocenters. The van der Waals surface area contributed by atoms with Gasteiger partial charge >= 0.3 is 0 Å². The highest BCUT2D eigenvalue weighted by Crippen LogP contribution is 2.24. The maximum Gasteiger partial charge on any atom is 0.255 e. The van der Waals surface area contributed by atoms with Crippen molar-refractivity contribution in [3.05, 3.63) is 107 Å². The topological polar surface area (TPSA) is 101 Å². The van der Waals surface area contributed by atoms with E-state index >= 15 is 0 Å². The number of carbonyl (C=O) groups is 2. The third kappa shape index (κ3) is 4.36. The van der Waals surface area contributed by atoms with Crippen LogP contribution in [-0.4, -0.2) is 31.9 Å². The summed E-state index contributed by atoms with van der Waals surface area (Å²) in [4.78, 5) is 34.3. The maximum absolute atomic E-state index is 14.6. The molecule has 0 saturated carbocycles. The number of rotatable bonds is 5. The van der Waals surface area contributed by atoms with E-state index in [9.17, 15) is 22.8 Å². The van der Waals surface area contributed by atoms with Crippen molar-refractivity contribution in [2.75, 3.05) is 5.32 Å². The Kier molecular flexibility index (Phi) is 5.54. The predicted molar refractivity (Wildman–Crippen MR) is 121 cm³/mol. The largest absolute Gasteiger partial charge is 0.322 e. The van der Waals surface area contributed by atoms with Crippen molar-refractivity contribution in [2.45, 2.75) is 0 Å². The number of hydrogen-bond donors (Lipinski definition) is 2. The molecule has 0 aliphatic heterocycles. The van der Waals surface area contributed by atoms with Gasteiger partial charge in [-0.05, 0) is 48.5 Å². The number of amides is 1. The van der Waals surface area contributed by atoms with Crippen molar-refractivity contribution in [2.24, 2.45) is 0 Å². The zero-order chi connectivity index (χ0) is 24.5. The molecule has 0 spiro atoms. The molecule has 10 heteroatoms. The third-order valence-electron chi connectivity index (χ3n) is 5.24. The summed E-state index contributed by atoms with van der Waals surface area (Å²) in [5.74, 6) is -4.68. The number of nitrogens with zero attached hydrogens (tertiary/aromatic N) is 3. The van der Waals surface area contributed by atoms with Gasteiger partial charge in [0.15, 0.2) is 17.4 Å². The number of H-pyrrole nitrogens is 1. The summed E-state index contributed by atoms with van der Waals surface area (Å²) in [7, 11) is 0. The molecular weight excluding hydrogens is 459 g/mol. The number of halogens is 3. The number of aromatic amines is 1. The Hall–Kier alpha value is -4.86. The van der Waals surface area contributed by atoms with Crippen LogP contribution in [0.1, 0.15) is 26.3 Å². The lowest BCUT2D eigenvalue weighted by Gasteiger charge is -2.10. The quantitative estimate of drug-likeness (QED) is 0.353. The predicted octanol–water partition coefficient (Wildman–Crippen LogP) is 4.92. The summed E-state index contributed by atoms with van der Waals surface area (Å²) in [5.41, 5.74) is 1.52. The second-order valence-electron chi connectivity index (χ2n) is 7.56. The van der Waals surface area contributed by atoms with Crippen LogP contribution in [0.3, 0.4) is 0 Å². The van der Waals surface area contributed by atoms with Crippen LogP contribution in [0.5, 0.6) is 0 Å². The standard InChI is InChI=1S/C25H14F3N5O2/c26-16-4-1-13(2-5-16)25(35)32-17-8-18(23(28)19(27)9-17)24(34)14-3-6-20-21(7-14)33-22(12-29-20)15-10-30-31-11-15/h1-12H,(H,30,31)(H,32,35). The molecule has 1 amide bonds. The molecule has 172 valence electrons. The smallest absolute Gasteiger partial charge is 0.255 e. The van der Waals surface area contributed by atoms with Gasteiger partial charge in [-0.25, -0.2) is 18.2 Å². The number of benzene rings is 3. The van der Waals surface area contributed by atoms with Gasteiger partial charge in [-0.2, -0.15) is 5.10 Å². The first-order valence-electron chi connectivity index (χ1n) is 10.3. The van der Waals surface area contributed by atoms with Gasteiger partial charge in [0.05, 0.1) is 34.7 Å². The van der Waals surface area contributed by atoms with Gasteiger partial charge in [0.25, 0.3) is 5.91 Å². The zero-order valence-electron chi connectivity index (χ0n) is 17.7. The summed E-state index contributed by atoms with van der Waals surface area (Å²) in [6, 6.07) is 10.9. The van der Waals surface area contributed by atoms with E-state index < -0.39 is 34.7 Å². The molecule has 2 aromatic heterocycles. The first-order chi connectivity index (χ1) is 16.9. The summed E-state index contributed by atoms with van der Waals surface area (Å²) in [6.07, 6.45) is 4.75. The molecule has 0 saturated heterocycles. The van der Waals surface area contributed by atoms with Crippen molar-refractivity contribution in [3.63, 3.8) is 0 Å². The summed E-state index contributed by atoms with van der Waals surface area (Å²) >= 11 is 0. The Labute approximate surface area is 195 Å². The van der Waals surface area contributed by atoms with Crippen molar-refractivity contribution < 1.29 is 22.8 Å². The fourth-order valence-electron chi connectivity index (χ4n) is 3.47. The van der Waals surface area contributed by atoms with E-state index in [0.29, 0.717) is 22.3 Å². The van der Waals surface area contributed by atoms with Crippen molar-refractivity contribution in [1.29, 1.82) is 0 Å². The van der Waals surface area contributed by atoms with E-state index in [2.05, 4.69) is 25.5 Å². The first kappa shape index (κ1) is 22.0. The molecule has 2 N–H and O–H groups in total. The maximum atomic E-state index is 14.6. The lowest BCUT2D eigenvalue weighted by molar-refractivity contribution is 0.101. The molecular formula is C25H14F3N5O2. The number of carbonyl (C=O) groups excluding carboxylic acids is 2. The minimum atomic E-state index is -1.35. The molecule has 7 nitrogen and oxygen atoms in total. The van der Waals surface area contributed by atoms with Crippen LogP contribution in [0.4, 0.5) is 18.9 Å². The van der Waals surface area contributed by atoms with Gasteiger partial charge in [-0.15, -0.1) is 0 Å². The Balaban J connectivity index is 1.48. The highest BCUT2D eigenvalue weighted by atomic mass is 19.2. The highest BCUT2D eigenvalue weighted by Gasteiger charge is 2.21. The molecule has 0 bridgehead atoms. The summed E-state index contributed by atoms with van der Waals surface area (Å²) in [6.45, 7) is 0. The van der Waals surface area contributed by atoms with E-state index in [0.717, 1.165) is 24.3 Å². The second-order valence-corrected chi connectivity index (χ2v) is 7.56. The van der Waals surface area contributed by atoms with Gasteiger partial charge in [-0.1, -0.05) is 0 Å². The summed E-state index contributed by atoms with van der Waals surface area (Å²) < 4.78 is 42.0. The van der Waals surface area contributed by atoms with Crippen LogP contribution in [0, 0.1) is 17.5 Å². The lowest BCUT2D eigenvalue weighted by Crippen LogP contribution is -2.14. The van der Waals surface area contributed by atoms with E-state index in [1.54, 1.807) is 24.7 Å². The van der Waals surface area contributed by atoms with Gasteiger partial charge in [0.1, 0.15) is 5.82 Å². The number of nitrogens with one attached hydrogen (secondary N) is 2. The Bertz CT molecular complexity index is 1590. The molecule has 2 heterocycles. The van der Waals surface area contributed by atoms with Gasteiger partial charge in [0, 0.05) is 34.6 Å². The van der Waals surface area contributed by atoms with Crippen LogP contribution in [0.15, 0.2) is 73.2 Å².